The molecule has 1 rings (SSSR count). The molecule has 0 aromatic heterocycles. The third-order valence-electron chi connectivity index (χ3n) is 0.800. The van der Waals surface area contributed by atoms with Crippen molar-refractivity contribution in [3.05, 3.63) is 30.3 Å². The van der Waals surface area contributed by atoms with Gasteiger partial charge in [-0.05, 0) is 12.1 Å². The Kier molecular flexibility index (Phi) is 24.3. The maximum absolute atomic E-state index is 8.67. The summed E-state index contributed by atoms with van der Waals surface area (Å²) in [7, 11) is -5.17. The summed E-state index contributed by atoms with van der Waals surface area (Å²) in [4.78, 5) is 0. The SMILES string of the molecule is Nc1ccccc1.O=S(=O)([O-])[O-].O=S(O)O.[Na+].[Na+]. The van der Waals surface area contributed by atoms with Gasteiger partial charge in [-0.1, -0.05) is 18.2 Å². The fraction of sp³-hybridized carbons (Fsp3) is 0. The number of hydrogen-bond donors (Lipinski definition) is 3. The van der Waals surface area contributed by atoms with Gasteiger partial charge in [0.1, 0.15) is 0 Å². The monoisotopic (exact) mass is 317 g/mol. The number of rotatable bonds is 0. The van der Waals surface area contributed by atoms with E-state index in [4.69, 9.17) is 36.6 Å². The van der Waals surface area contributed by atoms with E-state index in [2.05, 4.69) is 0 Å². The molecule has 0 radical (unpaired) electrons. The Hall–Kier alpha value is 0.960. The van der Waals surface area contributed by atoms with Crippen molar-refractivity contribution in [2.75, 3.05) is 5.73 Å². The Labute approximate surface area is 152 Å². The van der Waals surface area contributed by atoms with E-state index >= 15 is 0 Å². The van der Waals surface area contributed by atoms with E-state index < -0.39 is 21.8 Å². The van der Waals surface area contributed by atoms with Crippen LogP contribution in [0, 0.1) is 0 Å². The van der Waals surface area contributed by atoms with Gasteiger partial charge < -0.3 is 14.8 Å². The van der Waals surface area contributed by atoms with Crippen molar-refractivity contribution in [1.82, 2.24) is 0 Å². The summed E-state index contributed by atoms with van der Waals surface area (Å²) >= 11 is -2.61. The first kappa shape index (κ1) is 27.3. The fourth-order valence-electron chi connectivity index (χ4n) is 0.453. The molecule has 0 aliphatic carbocycles. The van der Waals surface area contributed by atoms with Gasteiger partial charge in [-0.25, -0.2) is 0 Å². The topological polar surface area (TPSA) is 164 Å². The summed E-state index contributed by atoms with van der Waals surface area (Å²) in [5.74, 6) is 0. The molecule has 0 bridgehead atoms. The smallest absolute Gasteiger partial charge is 0.759 e. The van der Waals surface area contributed by atoms with Crippen LogP contribution in [0.15, 0.2) is 30.3 Å². The van der Waals surface area contributed by atoms with Gasteiger partial charge in [-0.15, -0.1) is 0 Å². The molecule has 0 atom stereocenters. The van der Waals surface area contributed by atoms with Crippen LogP contribution >= 0.6 is 0 Å². The zero-order valence-electron chi connectivity index (χ0n) is 9.72. The number of nitrogen functional groups attached to an aromatic ring is 1. The summed E-state index contributed by atoms with van der Waals surface area (Å²) in [5, 5.41) is 0. The minimum absolute atomic E-state index is 0. The maximum atomic E-state index is 8.67. The molecular weight excluding hydrogens is 308 g/mol. The summed E-state index contributed by atoms with van der Waals surface area (Å²) in [6.45, 7) is 0. The molecular formula is C6H9NNa2O7S2. The molecule has 8 nitrogen and oxygen atoms in total. The van der Waals surface area contributed by atoms with Crippen molar-refractivity contribution < 1.29 is 90.0 Å². The minimum atomic E-state index is -5.17. The first-order valence-corrected chi connectivity index (χ1v) is 5.79. The predicted octanol–water partition coefficient (Wildman–Crippen LogP) is -6.38. The van der Waals surface area contributed by atoms with Crippen LogP contribution in [0.4, 0.5) is 5.69 Å². The molecule has 0 unspecified atom stereocenters. The first-order chi connectivity index (χ1) is 7.13. The Bertz CT molecular complexity index is 388. The largest absolute Gasteiger partial charge is 1.00 e. The number of nitrogens with two attached hydrogens (primary N) is 1. The number of benzene rings is 1. The van der Waals surface area contributed by atoms with Crippen molar-refractivity contribution in [1.29, 1.82) is 0 Å². The van der Waals surface area contributed by atoms with Gasteiger partial charge in [-0.2, -0.15) is 4.21 Å². The normalized spacial score (nSPS) is 8.50. The molecule has 0 saturated heterocycles. The molecule has 0 aliphatic rings. The Morgan fingerprint density at radius 1 is 1.06 bits per heavy atom. The summed E-state index contributed by atoms with van der Waals surface area (Å²) in [6, 6.07) is 9.49. The number of hydrogen-bond acceptors (Lipinski definition) is 6. The molecule has 0 fully saturated rings. The first-order valence-electron chi connectivity index (χ1n) is 3.40. The average Bonchev–Trinajstić information content (AvgIpc) is 2.00. The molecule has 4 N–H and O–H groups in total. The molecule has 0 heterocycles. The van der Waals surface area contributed by atoms with Crippen molar-refractivity contribution >= 4 is 27.4 Å². The molecule has 0 amide bonds. The quantitative estimate of drug-likeness (QED) is 0.140. The van der Waals surface area contributed by atoms with E-state index in [1.807, 2.05) is 30.3 Å². The fourth-order valence-corrected chi connectivity index (χ4v) is 0.453. The van der Waals surface area contributed by atoms with E-state index in [-0.39, 0.29) is 59.1 Å². The van der Waals surface area contributed by atoms with Gasteiger partial charge in [0.2, 0.25) is 0 Å². The van der Waals surface area contributed by atoms with E-state index in [1.54, 1.807) is 0 Å². The maximum Gasteiger partial charge on any atom is 1.00 e. The molecule has 1 aromatic carbocycles. The van der Waals surface area contributed by atoms with E-state index in [9.17, 15) is 0 Å². The van der Waals surface area contributed by atoms with Crippen LogP contribution in [0.3, 0.4) is 0 Å². The summed E-state index contributed by atoms with van der Waals surface area (Å²) in [5.41, 5.74) is 6.18. The average molecular weight is 317 g/mol. The third kappa shape index (κ3) is 53.8. The van der Waals surface area contributed by atoms with Crippen LogP contribution in [0.1, 0.15) is 0 Å². The molecule has 12 heteroatoms. The molecule has 0 aliphatic heterocycles. The van der Waals surface area contributed by atoms with Gasteiger partial charge in [-0.3, -0.25) is 17.5 Å². The van der Waals surface area contributed by atoms with Crippen molar-refractivity contribution in [3.8, 4) is 0 Å². The van der Waals surface area contributed by atoms with Gasteiger partial charge in [0.05, 0.1) is 0 Å². The zero-order chi connectivity index (χ0) is 13.2. The summed E-state index contributed by atoms with van der Waals surface area (Å²) < 4.78 is 56.9. The third-order valence-corrected chi connectivity index (χ3v) is 0.800. The van der Waals surface area contributed by atoms with Crippen molar-refractivity contribution in [2.24, 2.45) is 0 Å². The Morgan fingerprint density at radius 3 is 1.39 bits per heavy atom. The van der Waals surface area contributed by atoms with E-state index in [0.717, 1.165) is 5.69 Å². The van der Waals surface area contributed by atoms with Crippen LogP contribution in [-0.2, 0) is 21.8 Å². The van der Waals surface area contributed by atoms with Crippen LogP contribution in [0.2, 0.25) is 0 Å². The standard InChI is InChI=1S/C6H7N.2Na.H2O4S.H2O3S/c7-6-4-2-1-3-5-6;;;1-5(2,3)4;1-4(2)3/h1-5H,7H2;;;(H2,1,2,3,4);(H2,1,2,3)/q;2*+1;;/p-2. The van der Waals surface area contributed by atoms with Gasteiger partial charge >= 0.3 is 59.1 Å². The molecule has 0 spiro atoms. The van der Waals surface area contributed by atoms with Crippen LogP contribution in [0.5, 0.6) is 0 Å². The zero-order valence-corrected chi connectivity index (χ0v) is 15.3. The molecule has 18 heavy (non-hydrogen) atoms. The Morgan fingerprint density at radius 2 is 1.28 bits per heavy atom. The predicted molar refractivity (Wildman–Crippen MR) is 54.7 cm³/mol. The molecule has 1 aromatic rings. The molecule has 94 valence electrons. The number of para-hydroxylation sites is 1. The molecule has 0 saturated carbocycles. The second-order valence-electron chi connectivity index (χ2n) is 2.05. The van der Waals surface area contributed by atoms with Crippen LogP contribution in [0.25, 0.3) is 0 Å². The van der Waals surface area contributed by atoms with Crippen molar-refractivity contribution in [3.63, 3.8) is 0 Å². The number of anilines is 1. The van der Waals surface area contributed by atoms with Gasteiger partial charge in [0.15, 0.2) is 0 Å². The van der Waals surface area contributed by atoms with Crippen LogP contribution < -0.4 is 64.8 Å². The van der Waals surface area contributed by atoms with Gasteiger partial charge in [0, 0.05) is 16.1 Å². The van der Waals surface area contributed by atoms with E-state index in [0.29, 0.717) is 0 Å². The second kappa shape index (κ2) is 16.0. The Balaban J connectivity index is -0.0000000811. The minimum Gasteiger partial charge on any atom is -0.759 e. The van der Waals surface area contributed by atoms with Crippen molar-refractivity contribution in [2.45, 2.75) is 0 Å². The van der Waals surface area contributed by atoms with Gasteiger partial charge in [0.25, 0.3) is 11.4 Å². The summed E-state index contributed by atoms with van der Waals surface area (Å²) in [6.07, 6.45) is 0. The van der Waals surface area contributed by atoms with Crippen LogP contribution in [-0.4, -0.2) is 30.8 Å². The van der Waals surface area contributed by atoms with E-state index in [1.165, 1.54) is 0 Å². The second-order valence-corrected chi connectivity index (χ2v) is 3.33.